The normalized spacial score (nSPS) is 12.5. The molecule has 0 bridgehead atoms. The van der Waals surface area contributed by atoms with Crippen LogP contribution >= 0.6 is 0 Å². The second kappa shape index (κ2) is 8.53. The molecule has 1 N–H and O–H groups in total. The monoisotopic (exact) mass is 350 g/mol. The zero-order valence-corrected chi connectivity index (χ0v) is 14.0. The third-order valence-corrected chi connectivity index (χ3v) is 3.62. The second-order valence-corrected chi connectivity index (χ2v) is 5.29. The minimum Gasteiger partial charge on any atom is -0.497 e. The van der Waals surface area contributed by atoms with E-state index in [1.165, 1.54) is 31.5 Å². The van der Waals surface area contributed by atoms with Gasteiger partial charge < -0.3 is 14.8 Å². The number of halogens is 2. The van der Waals surface area contributed by atoms with Gasteiger partial charge in [0.1, 0.15) is 11.8 Å². The van der Waals surface area contributed by atoms with Gasteiger partial charge in [0.25, 0.3) is 0 Å². The van der Waals surface area contributed by atoms with Gasteiger partial charge in [-0.15, -0.1) is 0 Å². The molecule has 1 atom stereocenters. The predicted octanol–water partition coefficient (Wildman–Crippen LogP) is 3.12. The van der Waals surface area contributed by atoms with Gasteiger partial charge >= 0.3 is 11.9 Å². The Balaban J connectivity index is 2.21. The van der Waals surface area contributed by atoms with Crippen molar-refractivity contribution in [2.75, 3.05) is 13.7 Å². The highest BCUT2D eigenvalue weighted by Crippen LogP contribution is 2.33. The Morgan fingerprint density at radius 2 is 1.84 bits per heavy atom. The zero-order chi connectivity index (χ0) is 18.3. The zero-order valence-electron chi connectivity index (χ0n) is 14.0. The first-order valence-corrected chi connectivity index (χ1v) is 7.80. The van der Waals surface area contributed by atoms with Crippen molar-refractivity contribution in [1.29, 1.82) is 0 Å². The summed E-state index contributed by atoms with van der Waals surface area (Å²) in [5.41, 5.74) is 1.03. The number of rotatable bonds is 8. The molecule has 25 heavy (non-hydrogen) atoms. The molecular formula is C18H20F2N2O3. The maximum Gasteiger partial charge on any atom is 0.379 e. The van der Waals surface area contributed by atoms with Crippen LogP contribution in [-0.2, 0) is 16.1 Å². The lowest BCUT2D eigenvalue weighted by molar-refractivity contribution is -0.176. The average molecular weight is 350 g/mol. The molecule has 2 rings (SSSR count). The van der Waals surface area contributed by atoms with Crippen LogP contribution in [-0.4, -0.2) is 30.6 Å². The molecule has 0 amide bonds. The molecule has 0 saturated carbocycles. The fourth-order valence-electron chi connectivity index (χ4n) is 2.32. The molecular weight excluding hydrogens is 330 g/mol. The number of aromatic nitrogens is 1. The smallest absolute Gasteiger partial charge is 0.379 e. The Hall–Kier alpha value is -2.54. The van der Waals surface area contributed by atoms with Crippen LogP contribution in [0.5, 0.6) is 5.75 Å². The Kier molecular flexibility index (Phi) is 6.41. The summed E-state index contributed by atoms with van der Waals surface area (Å²) in [6.07, 6.45) is 2.80. The molecule has 1 unspecified atom stereocenters. The standard InChI is InChI=1S/C18H20F2N2O3/c1-3-25-17(23)18(19,20)16(14-8-10-21-11-9-14)22-12-13-4-6-15(24-2)7-5-13/h4-11,16,22H,3,12H2,1-2H3. The number of methoxy groups -OCH3 is 1. The minimum atomic E-state index is -3.72. The van der Waals surface area contributed by atoms with Gasteiger partial charge in [0.15, 0.2) is 0 Å². The predicted molar refractivity (Wildman–Crippen MR) is 88.4 cm³/mol. The van der Waals surface area contributed by atoms with Gasteiger partial charge in [-0.1, -0.05) is 12.1 Å². The molecule has 0 aliphatic carbocycles. The van der Waals surface area contributed by atoms with Gasteiger partial charge in [0.2, 0.25) is 0 Å². The van der Waals surface area contributed by atoms with E-state index in [0.717, 1.165) is 5.56 Å². The molecule has 7 heteroatoms. The first kappa shape index (κ1) is 18.8. The van der Waals surface area contributed by atoms with Crippen LogP contribution in [0.3, 0.4) is 0 Å². The van der Waals surface area contributed by atoms with E-state index in [2.05, 4.69) is 15.0 Å². The molecule has 0 saturated heterocycles. The quantitative estimate of drug-likeness (QED) is 0.741. The molecule has 0 fully saturated rings. The van der Waals surface area contributed by atoms with Gasteiger partial charge in [-0.05, 0) is 42.3 Å². The van der Waals surface area contributed by atoms with E-state index in [-0.39, 0.29) is 18.7 Å². The van der Waals surface area contributed by atoms with Gasteiger partial charge in [0.05, 0.1) is 13.7 Å². The van der Waals surface area contributed by atoms with Crippen LogP contribution in [0.25, 0.3) is 0 Å². The first-order chi connectivity index (χ1) is 12.0. The Morgan fingerprint density at radius 3 is 2.40 bits per heavy atom. The molecule has 0 aliphatic rings. The number of benzene rings is 1. The number of pyridine rings is 1. The number of carbonyl (C=O) groups excluding carboxylic acids is 1. The molecule has 0 spiro atoms. The highest BCUT2D eigenvalue weighted by molar-refractivity contribution is 5.79. The summed E-state index contributed by atoms with van der Waals surface area (Å²) in [5, 5.41) is 2.75. The van der Waals surface area contributed by atoms with Crippen molar-refractivity contribution < 1.29 is 23.0 Å². The van der Waals surface area contributed by atoms with Crippen molar-refractivity contribution >= 4 is 5.97 Å². The summed E-state index contributed by atoms with van der Waals surface area (Å²) in [7, 11) is 1.55. The van der Waals surface area contributed by atoms with E-state index in [4.69, 9.17) is 4.74 Å². The lowest BCUT2D eigenvalue weighted by Gasteiger charge is -2.26. The summed E-state index contributed by atoms with van der Waals surface area (Å²) in [6, 6.07) is 8.36. The fourth-order valence-corrected chi connectivity index (χ4v) is 2.32. The SMILES string of the molecule is CCOC(=O)C(F)(F)C(NCc1ccc(OC)cc1)c1ccncc1. The van der Waals surface area contributed by atoms with Crippen LogP contribution in [0, 0.1) is 0 Å². The van der Waals surface area contributed by atoms with Crippen LogP contribution in [0.4, 0.5) is 8.78 Å². The second-order valence-electron chi connectivity index (χ2n) is 5.29. The summed E-state index contributed by atoms with van der Waals surface area (Å²) in [5.74, 6) is -4.60. The van der Waals surface area contributed by atoms with Crippen molar-refractivity contribution in [3.8, 4) is 5.75 Å². The van der Waals surface area contributed by atoms with E-state index in [9.17, 15) is 13.6 Å². The number of nitrogens with one attached hydrogen (secondary N) is 1. The highest BCUT2D eigenvalue weighted by Gasteiger charge is 2.49. The van der Waals surface area contributed by atoms with Crippen LogP contribution in [0.2, 0.25) is 0 Å². The van der Waals surface area contributed by atoms with Crippen LogP contribution in [0.15, 0.2) is 48.8 Å². The number of carbonyl (C=O) groups is 1. The number of ether oxygens (including phenoxy) is 2. The average Bonchev–Trinajstić information content (AvgIpc) is 2.63. The third-order valence-electron chi connectivity index (χ3n) is 3.62. The Labute approximate surface area is 145 Å². The van der Waals surface area contributed by atoms with Crippen molar-refractivity contribution in [3.05, 3.63) is 59.9 Å². The lowest BCUT2D eigenvalue weighted by Crippen LogP contribution is -2.44. The fraction of sp³-hybridized carbons (Fsp3) is 0.333. The van der Waals surface area contributed by atoms with Gasteiger partial charge in [-0.2, -0.15) is 8.78 Å². The molecule has 1 aromatic heterocycles. The van der Waals surface area contributed by atoms with E-state index >= 15 is 0 Å². The van der Waals surface area contributed by atoms with Crippen LogP contribution in [0.1, 0.15) is 24.1 Å². The van der Waals surface area contributed by atoms with E-state index in [1.807, 2.05) is 0 Å². The van der Waals surface area contributed by atoms with Gasteiger partial charge in [-0.3, -0.25) is 4.98 Å². The molecule has 1 heterocycles. The number of hydrogen-bond acceptors (Lipinski definition) is 5. The summed E-state index contributed by atoms with van der Waals surface area (Å²) < 4.78 is 38.8. The molecule has 2 aromatic rings. The van der Waals surface area contributed by atoms with E-state index in [0.29, 0.717) is 5.75 Å². The van der Waals surface area contributed by atoms with Crippen LogP contribution < -0.4 is 10.1 Å². The Bertz CT molecular complexity index is 678. The van der Waals surface area contributed by atoms with Gasteiger partial charge in [-0.25, -0.2) is 4.79 Å². The van der Waals surface area contributed by atoms with Crippen molar-refractivity contribution in [2.24, 2.45) is 0 Å². The topological polar surface area (TPSA) is 60.5 Å². The van der Waals surface area contributed by atoms with Crippen molar-refractivity contribution in [3.63, 3.8) is 0 Å². The van der Waals surface area contributed by atoms with E-state index in [1.54, 1.807) is 31.4 Å². The lowest BCUT2D eigenvalue weighted by atomic mass is 10.0. The van der Waals surface area contributed by atoms with E-state index < -0.39 is 17.9 Å². The molecule has 1 aromatic carbocycles. The summed E-state index contributed by atoms with van der Waals surface area (Å²) in [6.45, 7) is 1.52. The van der Waals surface area contributed by atoms with Crippen molar-refractivity contribution in [1.82, 2.24) is 10.3 Å². The van der Waals surface area contributed by atoms with Crippen molar-refractivity contribution in [2.45, 2.75) is 25.4 Å². The third kappa shape index (κ3) is 4.73. The molecule has 0 radical (unpaired) electrons. The molecule has 134 valence electrons. The number of alkyl halides is 2. The number of nitrogens with zero attached hydrogens (tertiary/aromatic N) is 1. The largest absolute Gasteiger partial charge is 0.497 e. The minimum absolute atomic E-state index is 0.115. The maximum atomic E-state index is 14.6. The number of hydrogen-bond donors (Lipinski definition) is 1. The molecule has 0 aliphatic heterocycles. The highest BCUT2D eigenvalue weighted by atomic mass is 19.3. The summed E-state index contributed by atoms with van der Waals surface area (Å²) >= 11 is 0. The first-order valence-electron chi connectivity index (χ1n) is 7.80. The van der Waals surface area contributed by atoms with Gasteiger partial charge in [0, 0.05) is 18.9 Å². The Morgan fingerprint density at radius 1 is 1.20 bits per heavy atom. The maximum absolute atomic E-state index is 14.6. The summed E-state index contributed by atoms with van der Waals surface area (Å²) in [4.78, 5) is 15.6. The molecule has 5 nitrogen and oxygen atoms in total. The number of esters is 1.